The minimum atomic E-state index is -4.78. The van der Waals surface area contributed by atoms with Gasteiger partial charge in [0.1, 0.15) is 12.2 Å². The van der Waals surface area contributed by atoms with Crippen molar-refractivity contribution in [2.75, 3.05) is 13.1 Å². The fourth-order valence-corrected chi connectivity index (χ4v) is 6.09. The van der Waals surface area contributed by atoms with Gasteiger partial charge in [0.2, 0.25) is 0 Å². The first-order valence-electron chi connectivity index (χ1n) is 13.5. The van der Waals surface area contributed by atoms with Gasteiger partial charge in [0.15, 0.2) is 0 Å². The van der Waals surface area contributed by atoms with Crippen molar-refractivity contribution in [3.05, 3.63) is 82.1 Å². The van der Waals surface area contributed by atoms with Gasteiger partial charge in [-0.2, -0.15) is 26.3 Å². The van der Waals surface area contributed by atoms with Gasteiger partial charge < -0.3 is 4.57 Å². The third-order valence-corrected chi connectivity index (χ3v) is 8.42. The first-order chi connectivity index (χ1) is 19.4. The van der Waals surface area contributed by atoms with Crippen LogP contribution in [0.2, 0.25) is 0 Å². The maximum Gasteiger partial charge on any atom is 0.418 e. The van der Waals surface area contributed by atoms with Crippen LogP contribution in [-0.2, 0) is 19.8 Å². The van der Waals surface area contributed by atoms with E-state index in [2.05, 4.69) is 10.2 Å². The Labute approximate surface area is 231 Å². The molecule has 6 rings (SSSR count). The second-order valence-electron chi connectivity index (χ2n) is 11.1. The number of halogens is 6. The number of benzene rings is 1. The standard InChI is InChI=1S/C28H28F6N6O/c1-37-16-35-36-25(37)24(18-4-2-5-18)19-6-3-7-21(11-19)39-15-23-22(28(32,33)34)10-17(13-40(23)26(39)41)12-38-9-8-20(14-38)27(29,30)31/h3,6-7,10-11,13,15-16,18,20,24H,2,4-5,8-9,12,14H2,1H3/t20?,24-/m1/s1. The Morgan fingerprint density at radius 3 is 2.44 bits per heavy atom. The third kappa shape index (κ3) is 5.15. The third-order valence-electron chi connectivity index (χ3n) is 8.42. The highest BCUT2D eigenvalue weighted by Crippen LogP contribution is 2.43. The van der Waals surface area contributed by atoms with Crippen LogP contribution in [-0.4, -0.2) is 47.9 Å². The van der Waals surface area contributed by atoms with Crippen molar-refractivity contribution >= 4 is 5.52 Å². The Morgan fingerprint density at radius 1 is 1.05 bits per heavy atom. The molecular formula is C28H28F6N6O. The van der Waals surface area contributed by atoms with Crippen molar-refractivity contribution in [3.8, 4) is 5.69 Å². The van der Waals surface area contributed by atoms with Crippen molar-refractivity contribution in [2.45, 2.75) is 50.5 Å². The van der Waals surface area contributed by atoms with E-state index in [1.54, 1.807) is 24.5 Å². The highest BCUT2D eigenvalue weighted by Gasteiger charge is 2.43. The van der Waals surface area contributed by atoms with Gasteiger partial charge in [-0.1, -0.05) is 18.6 Å². The maximum atomic E-state index is 14.2. The molecule has 2 aliphatic rings. The Kier molecular flexibility index (Phi) is 6.74. The van der Waals surface area contributed by atoms with E-state index in [-0.39, 0.29) is 43.1 Å². The molecule has 0 amide bonds. The van der Waals surface area contributed by atoms with Gasteiger partial charge in [0.25, 0.3) is 0 Å². The molecule has 1 aliphatic heterocycles. The normalized spacial score (nSPS) is 19.6. The second kappa shape index (κ2) is 10.0. The van der Waals surface area contributed by atoms with E-state index in [0.29, 0.717) is 11.6 Å². The first-order valence-corrected chi connectivity index (χ1v) is 13.5. The van der Waals surface area contributed by atoms with E-state index in [1.807, 2.05) is 17.7 Å². The van der Waals surface area contributed by atoms with E-state index in [0.717, 1.165) is 41.1 Å². The van der Waals surface area contributed by atoms with Crippen molar-refractivity contribution in [3.63, 3.8) is 0 Å². The molecule has 0 bridgehead atoms. The smallest absolute Gasteiger partial charge is 0.320 e. The zero-order valence-corrected chi connectivity index (χ0v) is 22.2. The summed E-state index contributed by atoms with van der Waals surface area (Å²) in [7, 11) is 1.86. The van der Waals surface area contributed by atoms with Gasteiger partial charge in [0.05, 0.1) is 22.7 Å². The van der Waals surface area contributed by atoms with E-state index in [9.17, 15) is 31.1 Å². The Balaban J connectivity index is 1.39. The van der Waals surface area contributed by atoms with Crippen LogP contribution >= 0.6 is 0 Å². The number of fused-ring (bicyclic) bond motifs is 1. The number of hydrogen-bond acceptors (Lipinski definition) is 4. The number of aryl methyl sites for hydroxylation is 1. The minimum Gasteiger partial charge on any atom is -0.320 e. The van der Waals surface area contributed by atoms with Crippen molar-refractivity contribution < 1.29 is 26.3 Å². The lowest BCUT2D eigenvalue weighted by molar-refractivity contribution is -0.170. The highest BCUT2D eigenvalue weighted by molar-refractivity contribution is 5.58. The molecule has 2 atom stereocenters. The lowest BCUT2D eigenvalue weighted by Crippen LogP contribution is -2.27. The lowest BCUT2D eigenvalue weighted by Gasteiger charge is -2.33. The van der Waals surface area contributed by atoms with Gasteiger partial charge >= 0.3 is 18.0 Å². The predicted molar refractivity (Wildman–Crippen MR) is 138 cm³/mol. The fourth-order valence-electron chi connectivity index (χ4n) is 6.09. The summed E-state index contributed by atoms with van der Waals surface area (Å²) in [4.78, 5) is 15.0. The number of imidazole rings is 1. The summed E-state index contributed by atoms with van der Waals surface area (Å²) in [5.41, 5.74) is -0.623. The fraction of sp³-hybridized carbons (Fsp3) is 0.464. The quantitative estimate of drug-likeness (QED) is 0.282. The molecule has 3 aromatic heterocycles. The number of hydrogen-bond donors (Lipinski definition) is 0. The van der Waals surface area contributed by atoms with E-state index in [1.165, 1.54) is 21.9 Å². The zero-order valence-electron chi connectivity index (χ0n) is 22.2. The van der Waals surface area contributed by atoms with Crippen LogP contribution in [0.15, 0.2) is 53.8 Å². The van der Waals surface area contributed by atoms with Crippen molar-refractivity contribution in [1.82, 2.24) is 28.6 Å². The summed E-state index contributed by atoms with van der Waals surface area (Å²) in [6, 6.07) is 8.08. The van der Waals surface area contributed by atoms with Crippen LogP contribution in [0.4, 0.5) is 26.3 Å². The van der Waals surface area contributed by atoms with Gasteiger partial charge in [-0.3, -0.25) is 13.9 Å². The van der Waals surface area contributed by atoms with Crippen LogP contribution in [0.25, 0.3) is 11.2 Å². The summed E-state index contributed by atoms with van der Waals surface area (Å²) < 4.78 is 85.9. The Hall–Kier alpha value is -3.61. The molecule has 0 radical (unpaired) electrons. The molecule has 7 nitrogen and oxygen atoms in total. The van der Waals surface area contributed by atoms with Crippen molar-refractivity contribution in [2.24, 2.45) is 18.9 Å². The summed E-state index contributed by atoms with van der Waals surface area (Å²) in [5.74, 6) is -0.489. The number of pyridine rings is 1. The number of rotatable bonds is 6. The molecule has 1 aromatic carbocycles. The molecule has 4 aromatic rings. The van der Waals surface area contributed by atoms with Gasteiger partial charge in [-0.15, -0.1) is 10.2 Å². The largest absolute Gasteiger partial charge is 0.418 e. The van der Waals surface area contributed by atoms with E-state index in [4.69, 9.17) is 0 Å². The maximum absolute atomic E-state index is 14.2. The summed E-state index contributed by atoms with van der Waals surface area (Å²) >= 11 is 0. The monoisotopic (exact) mass is 578 g/mol. The molecule has 218 valence electrons. The number of alkyl halides is 6. The predicted octanol–water partition coefficient (Wildman–Crippen LogP) is 5.55. The Bertz CT molecular complexity index is 1630. The van der Waals surface area contributed by atoms with Gasteiger partial charge in [-0.05, 0) is 61.1 Å². The molecule has 2 fully saturated rings. The molecule has 1 saturated carbocycles. The summed E-state index contributed by atoms with van der Waals surface area (Å²) in [5, 5.41) is 8.32. The molecule has 1 aliphatic carbocycles. The molecule has 0 N–H and O–H groups in total. The zero-order chi connectivity index (χ0) is 29.1. The van der Waals surface area contributed by atoms with Gasteiger partial charge in [-0.25, -0.2) is 4.79 Å². The van der Waals surface area contributed by atoms with Crippen LogP contribution in [0, 0.1) is 11.8 Å². The average Bonchev–Trinajstić information content (AvgIpc) is 3.60. The molecule has 4 heterocycles. The molecule has 0 spiro atoms. The lowest BCUT2D eigenvalue weighted by atomic mass is 9.72. The van der Waals surface area contributed by atoms with Gasteiger partial charge in [0, 0.05) is 38.4 Å². The number of nitrogens with zero attached hydrogens (tertiary/aromatic N) is 6. The van der Waals surface area contributed by atoms with Crippen LogP contribution < -0.4 is 5.69 Å². The SMILES string of the molecule is Cn1cnnc1[C@@H](c1cccc(-n2cc3c(C(F)(F)F)cc(CN4CCC(C(F)(F)F)C4)cn3c2=O)c1)C1CCC1. The Morgan fingerprint density at radius 2 is 1.83 bits per heavy atom. The number of aromatic nitrogens is 5. The average molecular weight is 579 g/mol. The van der Waals surface area contributed by atoms with Crippen molar-refractivity contribution in [1.29, 1.82) is 0 Å². The highest BCUT2D eigenvalue weighted by atomic mass is 19.4. The van der Waals surface area contributed by atoms with Crippen LogP contribution in [0.3, 0.4) is 0 Å². The van der Waals surface area contributed by atoms with Crippen LogP contribution in [0.5, 0.6) is 0 Å². The number of likely N-dealkylation sites (tertiary alicyclic amines) is 1. The van der Waals surface area contributed by atoms with E-state index >= 15 is 0 Å². The first kappa shape index (κ1) is 27.6. The molecular weight excluding hydrogens is 550 g/mol. The molecule has 1 saturated heterocycles. The summed E-state index contributed by atoms with van der Waals surface area (Å²) in [6.45, 7) is -0.307. The van der Waals surface area contributed by atoms with E-state index < -0.39 is 29.5 Å². The molecule has 13 heteroatoms. The second-order valence-corrected chi connectivity index (χ2v) is 11.1. The molecule has 1 unspecified atom stereocenters. The topological polar surface area (TPSA) is 60.4 Å². The molecule has 41 heavy (non-hydrogen) atoms. The summed E-state index contributed by atoms with van der Waals surface area (Å²) in [6.07, 6.45) is -2.04. The minimum absolute atomic E-state index is 0.0812. The van der Waals surface area contributed by atoms with Crippen LogP contribution in [0.1, 0.15) is 54.1 Å².